The average Bonchev–Trinajstić information content (AvgIpc) is 3.27. The van der Waals surface area contributed by atoms with Crippen LogP contribution in [0.4, 0.5) is 0 Å². The minimum absolute atomic E-state index is 0. The molecule has 2 heterocycles. The van der Waals surface area contributed by atoms with Crippen molar-refractivity contribution >= 4 is 47.2 Å². The first-order valence-corrected chi connectivity index (χ1v) is 8.70. The molecule has 9 heteroatoms. The molecule has 138 valence electrons. The zero-order valence-electron chi connectivity index (χ0n) is 14.4. The molecular weight excluding hydrogens is 453 g/mol. The molecule has 0 aliphatic heterocycles. The Labute approximate surface area is 168 Å². The number of thiazole rings is 1. The molecule has 7 nitrogen and oxygen atoms in total. The van der Waals surface area contributed by atoms with Crippen molar-refractivity contribution in [3.8, 4) is 0 Å². The van der Waals surface area contributed by atoms with Crippen LogP contribution in [0.5, 0.6) is 0 Å². The van der Waals surface area contributed by atoms with Crippen LogP contribution in [0.25, 0.3) is 0 Å². The van der Waals surface area contributed by atoms with E-state index in [1.54, 1.807) is 30.7 Å². The molecule has 2 aromatic heterocycles. The van der Waals surface area contributed by atoms with E-state index in [4.69, 9.17) is 4.42 Å². The van der Waals surface area contributed by atoms with Gasteiger partial charge in [-0.15, -0.1) is 35.3 Å². The monoisotopic (exact) mass is 477 g/mol. The van der Waals surface area contributed by atoms with Crippen LogP contribution in [0.15, 0.2) is 34.0 Å². The van der Waals surface area contributed by atoms with Gasteiger partial charge < -0.3 is 20.4 Å². The molecule has 0 bridgehead atoms. The Balaban J connectivity index is 0.00000312. The SMILES string of the molecule is CCc1cnc(CCNC(=NC)NCC(=O)NCc2ccco2)s1.I. The smallest absolute Gasteiger partial charge is 0.239 e. The topological polar surface area (TPSA) is 91.5 Å². The summed E-state index contributed by atoms with van der Waals surface area (Å²) in [5.41, 5.74) is 0. The van der Waals surface area contributed by atoms with Crippen molar-refractivity contribution in [2.45, 2.75) is 26.3 Å². The Kier molecular flexibility index (Phi) is 10.2. The van der Waals surface area contributed by atoms with Gasteiger partial charge in [0.1, 0.15) is 5.76 Å². The van der Waals surface area contributed by atoms with E-state index in [2.05, 4.69) is 32.9 Å². The lowest BCUT2D eigenvalue weighted by Crippen LogP contribution is -2.43. The number of carbonyl (C=O) groups excluding carboxylic acids is 1. The zero-order valence-corrected chi connectivity index (χ0v) is 17.5. The fourth-order valence-corrected chi connectivity index (χ4v) is 2.82. The molecule has 0 aromatic carbocycles. The first-order chi connectivity index (χ1) is 11.7. The van der Waals surface area contributed by atoms with Crippen molar-refractivity contribution in [1.82, 2.24) is 20.9 Å². The van der Waals surface area contributed by atoms with Crippen molar-refractivity contribution in [3.63, 3.8) is 0 Å². The predicted molar refractivity (Wildman–Crippen MR) is 111 cm³/mol. The number of halogens is 1. The van der Waals surface area contributed by atoms with Gasteiger partial charge in [0.05, 0.1) is 24.4 Å². The fraction of sp³-hybridized carbons (Fsp3) is 0.438. The maximum Gasteiger partial charge on any atom is 0.239 e. The van der Waals surface area contributed by atoms with Crippen LogP contribution in [0.2, 0.25) is 0 Å². The van der Waals surface area contributed by atoms with Gasteiger partial charge in [0, 0.05) is 31.1 Å². The second kappa shape index (κ2) is 11.9. The molecule has 0 aliphatic rings. The Morgan fingerprint density at radius 1 is 1.36 bits per heavy atom. The van der Waals surface area contributed by atoms with Gasteiger partial charge in [0.2, 0.25) is 5.91 Å². The minimum Gasteiger partial charge on any atom is -0.467 e. The van der Waals surface area contributed by atoms with Gasteiger partial charge >= 0.3 is 0 Å². The molecule has 0 aliphatic carbocycles. The number of aromatic nitrogens is 1. The number of nitrogens with zero attached hydrogens (tertiary/aromatic N) is 2. The van der Waals surface area contributed by atoms with Crippen LogP contribution in [0, 0.1) is 0 Å². The van der Waals surface area contributed by atoms with Crippen molar-refractivity contribution in [1.29, 1.82) is 0 Å². The number of nitrogens with one attached hydrogen (secondary N) is 3. The molecule has 0 saturated heterocycles. The minimum atomic E-state index is -0.123. The largest absolute Gasteiger partial charge is 0.467 e. The van der Waals surface area contributed by atoms with E-state index < -0.39 is 0 Å². The number of aryl methyl sites for hydroxylation is 1. The standard InChI is InChI=1S/C16H23N5O2S.HI/c1-3-13-10-20-15(24-13)6-7-18-16(17-2)21-11-14(22)19-9-12-5-4-8-23-12;/h4-5,8,10H,3,6-7,9,11H2,1-2H3,(H,19,22)(H2,17,18,21);1H. The zero-order chi connectivity index (χ0) is 17.2. The van der Waals surface area contributed by atoms with E-state index in [1.165, 1.54) is 4.88 Å². The van der Waals surface area contributed by atoms with E-state index in [1.807, 2.05) is 12.3 Å². The summed E-state index contributed by atoms with van der Waals surface area (Å²) in [6, 6.07) is 3.61. The van der Waals surface area contributed by atoms with Gasteiger partial charge in [-0.3, -0.25) is 9.79 Å². The Morgan fingerprint density at radius 3 is 2.84 bits per heavy atom. The summed E-state index contributed by atoms with van der Waals surface area (Å²) >= 11 is 1.73. The fourth-order valence-electron chi connectivity index (χ4n) is 1.96. The molecule has 3 N–H and O–H groups in total. The number of rotatable bonds is 8. The Hall–Kier alpha value is -1.62. The highest BCUT2D eigenvalue weighted by molar-refractivity contribution is 14.0. The molecule has 25 heavy (non-hydrogen) atoms. The summed E-state index contributed by atoms with van der Waals surface area (Å²) < 4.78 is 5.16. The highest BCUT2D eigenvalue weighted by Gasteiger charge is 2.05. The number of amides is 1. The van der Waals surface area contributed by atoms with Crippen LogP contribution in [0.3, 0.4) is 0 Å². The van der Waals surface area contributed by atoms with Crippen LogP contribution in [-0.4, -0.2) is 37.0 Å². The van der Waals surface area contributed by atoms with Crippen LogP contribution in [-0.2, 0) is 24.2 Å². The number of furan rings is 1. The number of carbonyl (C=O) groups is 1. The molecule has 0 unspecified atom stereocenters. The molecule has 0 radical (unpaired) electrons. The summed E-state index contributed by atoms with van der Waals surface area (Å²) in [7, 11) is 1.68. The van der Waals surface area contributed by atoms with Crippen molar-refractivity contribution in [3.05, 3.63) is 40.2 Å². The second-order valence-electron chi connectivity index (χ2n) is 5.03. The quantitative estimate of drug-likeness (QED) is 0.307. The van der Waals surface area contributed by atoms with Crippen LogP contribution < -0.4 is 16.0 Å². The molecule has 2 aromatic rings. The van der Waals surface area contributed by atoms with Gasteiger partial charge in [-0.05, 0) is 18.6 Å². The van der Waals surface area contributed by atoms with Gasteiger partial charge in [-0.25, -0.2) is 4.98 Å². The lowest BCUT2D eigenvalue weighted by molar-refractivity contribution is -0.120. The number of hydrogen-bond donors (Lipinski definition) is 3. The normalized spacial score (nSPS) is 10.9. The van der Waals surface area contributed by atoms with Gasteiger partial charge in [-0.1, -0.05) is 6.92 Å². The highest BCUT2D eigenvalue weighted by Crippen LogP contribution is 2.13. The van der Waals surface area contributed by atoms with Gasteiger partial charge in [0.15, 0.2) is 5.96 Å². The maximum absolute atomic E-state index is 11.8. The summed E-state index contributed by atoms with van der Waals surface area (Å²) in [5.74, 6) is 1.19. The molecule has 1 amide bonds. The summed E-state index contributed by atoms with van der Waals surface area (Å²) in [6.07, 6.45) is 5.35. The van der Waals surface area contributed by atoms with Crippen molar-refractivity contribution in [2.24, 2.45) is 4.99 Å². The summed E-state index contributed by atoms with van der Waals surface area (Å²) in [6.45, 7) is 3.36. The van der Waals surface area contributed by atoms with E-state index in [9.17, 15) is 4.79 Å². The molecule has 2 rings (SSSR count). The van der Waals surface area contributed by atoms with Crippen molar-refractivity contribution in [2.75, 3.05) is 20.1 Å². The first kappa shape index (κ1) is 21.4. The maximum atomic E-state index is 11.8. The average molecular weight is 477 g/mol. The lowest BCUT2D eigenvalue weighted by Gasteiger charge is -2.11. The highest BCUT2D eigenvalue weighted by atomic mass is 127. The number of hydrogen-bond acceptors (Lipinski definition) is 5. The Morgan fingerprint density at radius 2 is 2.20 bits per heavy atom. The van der Waals surface area contributed by atoms with Gasteiger partial charge in [-0.2, -0.15) is 0 Å². The third kappa shape index (κ3) is 7.86. The van der Waals surface area contributed by atoms with E-state index in [0.717, 1.165) is 23.6 Å². The molecule has 0 saturated carbocycles. The van der Waals surface area contributed by atoms with Gasteiger partial charge in [0.25, 0.3) is 0 Å². The van der Waals surface area contributed by atoms with Crippen LogP contribution in [0.1, 0.15) is 22.6 Å². The van der Waals surface area contributed by atoms with E-state index in [-0.39, 0.29) is 36.4 Å². The van der Waals surface area contributed by atoms with E-state index in [0.29, 0.717) is 19.0 Å². The molecule has 0 fully saturated rings. The number of guanidine groups is 1. The van der Waals surface area contributed by atoms with E-state index >= 15 is 0 Å². The number of aliphatic imine (C=N–C) groups is 1. The summed E-state index contributed by atoms with van der Waals surface area (Å²) in [4.78, 5) is 21.6. The third-order valence-electron chi connectivity index (χ3n) is 3.26. The molecular formula is C16H24IN5O2S. The predicted octanol–water partition coefficient (Wildman–Crippen LogP) is 1.94. The first-order valence-electron chi connectivity index (χ1n) is 7.88. The van der Waals surface area contributed by atoms with Crippen LogP contribution >= 0.6 is 35.3 Å². The Bertz CT molecular complexity index is 657. The molecule has 0 atom stereocenters. The van der Waals surface area contributed by atoms with Crippen molar-refractivity contribution < 1.29 is 9.21 Å². The second-order valence-corrected chi connectivity index (χ2v) is 6.23. The lowest BCUT2D eigenvalue weighted by atomic mass is 10.4. The molecule has 0 spiro atoms. The summed E-state index contributed by atoms with van der Waals surface area (Å²) in [5, 5.41) is 10.0. The third-order valence-corrected chi connectivity index (χ3v) is 4.46.